The van der Waals surface area contributed by atoms with Crippen LogP contribution in [-0.4, -0.2) is 11.2 Å². The van der Waals surface area contributed by atoms with Crippen LogP contribution in [0.25, 0.3) is 0 Å². The summed E-state index contributed by atoms with van der Waals surface area (Å²) >= 11 is 0. The summed E-state index contributed by atoms with van der Waals surface area (Å²) in [5, 5.41) is 0. The molecule has 0 spiro atoms. The molecule has 0 aliphatic rings. The second-order valence-corrected chi connectivity index (χ2v) is 8.37. The van der Waals surface area contributed by atoms with E-state index < -0.39 is 0 Å². The summed E-state index contributed by atoms with van der Waals surface area (Å²) in [6.07, 6.45) is 2.58. The second kappa shape index (κ2) is 8.54. The van der Waals surface area contributed by atoms with Crippen molar-refractivity contribution in [3.8, 4) is 5.75 Å². The van der Waals surface area contributed by atoms with E-state index in [9.17, 15) is 0 Å². The molecule has 2 heteroatoms. The van der Waals surface area contributed by atoms with Crippen LogP contribution in [-0.2, 0) is 10.2 Å². The van der Waals surface area contributed by atoms with Gasteiger partial charge in [-0.05, 0) is 71.1 Å². The minimum Gasteiger partial charge on any atom is -0.466 e. The topological polar surface area (TPSA) is 18.5 Å². The van der Waals surface area contributed by atoms with Crippen molar-refractivity contribution in [3.63, 3.8) is 0 Å². The Bertz CT molecular complexity index is 444. The van der Waals surface area contributed by atoms with Crippen LogP contribution < -0.4 is 4.74 Å². The van der Waals surface area contributed by atoms with E-state index in [-0.39, 0.29) is 16.6 Å². The van der Waals surface area contributed by atoms with Crippen LogP contribution in [0.5, 0.6) is 5.75 Å². The van der Waals surface area contributed by atoms with Gasteiger partial charge in [0.25, 0.3) is 0 Å². The Kier molecular flexibility index (Phi) is 8.06. The van der Waals surface area contributed by atoms with Crippen molar-refractivity contribution >= 4 is 0 Å². The van der Waals surface area contributed by atoms with Crippen molar-refractivity contribution in [2.75, 3.05) is 0 Å². The minimum atomic E-state index is -0.0156. The molecule has 0 atom stereocenters. The van der Waals surface area contributed by atoms with Gasteiger partial charge in [0.1, 0.15) is 5.75 Å². The smallest absolute Gasteiger partial charge is 0.126 e. The van der Waals surface area contributed by atoms with E-state index in [4.69, 9.17) is 9.47 Å². The molecule has 0 aliphatic heterocycles. The van der Waals surface area contributed by atoms with Crippen molar-refractivity contribution in [3.05, 3.63) is 42.7 Å². The van der Waals surface area contributed by atoms with E-state index in [1.165, 1.54) is 11.8 Å². The summed E-state index contributed by atoms with van der Waals surface area (Å²) < 4.78 is 10.8. The number of hydrogen-bond acceptors (Lipinski definition) is 2. The van der Waals surface area contributed by atoms with Crippen LogP contribution in [0, 0.1) is 0 Å². The lowest BCUT2D eigenvalue weighted by Crippen LogP contribution is -2.31. The Hall–Kier alpha value is -1.28. The van der Waals surface area contributed by atoms with Gasteiger partial charge in [0.05, 0.1) is 17.5 Å². The molecule has 132 valence electrons. The Labute approximate surface area is 143 Å². The fourth-order valence-electron chi connectivity index (χ4n) is 2.20. The molecule has 0 aliphatic carbocycles. The zero-order chi connectivity index (χ0) is 18.3. The molecule has 0 saturated carbocycles. The van der Waals surface area contributed by atoms with Crippen molar-refractivity contribution in [1.29, 1.82) is 0 Å². The van der Waals surface area contributed by atoms with Crippen LogP contribution in [0.4, 0.5) is 0 Å². The van der Waals surface area contributed by atoms with Crippen molar-refractivity contribution in [2.24, 2.45) is 0 Å². The highest BCUT2D eigenvalue weighted by atomic mass is 16.5. The largest absolute Gasteiger partial charge is 0.466 e. The van der Waals surface area contributed by atoms with Crippen LogP contribution in [0.1, 0.15) is 74.3 Å². The normalized spacial score (nSPS) is 12.2. The van der Waals surface area contributed by atoms with Gasteiger partial charge in [-0.15, -0.1) is 0 Å². The first-order chi connectivity index (χ1) is 10.3. The molecule has 0 amide bonds. The van der Waals surface area contributed by atoms with E-state index >= 15 is 0 Å². The quantitative estimate of drug-likeness (QED) is 0.590. The predicted octanol–water partition coefficient (Wildman–Crippen LogP) is 6.50. The summed E-state index contributed by atoms with van der Waals surface area (Å²) in [4.78, 5) is 0. The van der Waals surface area contributed by atoms with Crippen LogP contribution in [0.15, 0.2) is 37.1 Å². The van der Waals surface area contributed by atoms with Crippen LogP contribution >= 0.6 is 0 Å². The van der Waals surface area contributed by atoms with Gasteiger partial charge in [0.15, 0.2) is 0 Å². The summed E-state index contributed by atoms with van der Waals surface area (Å²) in [5.41, 5.74) is 1.56. The van der Waals surface area contributed by atoms with Gasteiger partial charge in [-0.3, -0.25) is 0 Å². The third kappa shape index (κ3) is 10.2. The molecular formula is C21H36O2. The van der Waals surface area contributed by atoms with Crippen molar-refractivity contribution in [1.82, 2.24) is 0 Å². The summed E-state index contributed by atoms with van der Waals surface area (Å²) in [6, 6.07) is 8.19. The maximum absolute atomic E-state index is 5.62. The van der Waals surface area contributed by atoms with Gasteiger partial charge in [-0.2, -0.15) is 0 Å². The van der Waals surface area contributed by atoms with Crippen LogP contribution in [0.2, 0.25) is 0 Å². The molecule has 1 aromatic rings. The average molecular weight is 321 g/mol. The highest BCUT2D eigenvalue weighted by molar-refractivity contribution is 5.31. The highest BCUT2D eigenvalue weighted by Gasteiger charge is 2.20. The molecule has 1 aromatic carbocycles. The van der Waals surface area contributed by atoms with Gasteiger partial charge in [0, 0.05) is 0 Å². The summed E-state index contributed by atoms with van der Waals surface area (Å²) in [7, 11) is 0. The molecular weight excluding hydrogens is 284 g/mol. The Morgan fingerprint density at radius 1 is 0.870 bits per heavy atom. The molecule has 1 rings (SSSR count). The van der Waals surface area contributed by atoms with E-state index in [2.05, 4.69) is 81.0 Å². The third-order valence-corrected chi connectivity index (χ3v) is 3.35. The minimum absolute atomic E-state index is 0.0156. The Morgan fingerprint density at radius 3 is 1.57 bits per heavy atom. The molecule has 0 heterocycles. The van der Waals surface area contributed by atoms with Crippen molar-refractivity contribution in [2.45, 2.75) is 85.4 Å². The SMILES string of the molecule is C=COc1ccc(C(C)(C)CC)cc1.CC(C)(C)OC(C)(C)C. The number of rotatable bonds is 4. The zero-order valence-electron chi connectivity index (χ0n) is 16.6. The third-order valence-electron chi connectivity index (χ3n) is 3.35. The van der Waals surface area contributed by atoms with Gasteiger partial charge in [0.2, 0.25) is 0 Å². The van der Waals surface area contributed by atoms with Crippen LogP contribution in [0.3, 0.4) is 0 Å². The number of ether oxygens (including phenoxy) is 2. The highest BCUT2D eigenvalue weighted by Crippen LogP contribution is 2.27. The van der Waals surface area contributed by atoms with Gasteiger partial charge in [-0.25, -0.2) is 0 Å². The predicted molar refractivity (Wildman–Crippen MR) is 101 cm³/mol. The fraction of sp³-hybridized carbons (Fsp3) is 0.619. The van der Waals surface area contributed by atoms with Gasteiger partial charge < -0.3 is 9.47 Å². The van der Waals surface area contributed by atoms with Gasteiger partial charge >= 0.3 is 0 Å². The first-order valence-corrected chi connectivity index (χ1v) is 8.39. The molecule has 0 radical (unpaired) electrons. The van der Waals surface area contributed by atoms with E-state index in [1.807, 2.05) is 12.1 Å². The lowest BCUT2D eigenvalue weighted by Gasteiger charge is -2.30. The molecule has 0 N–H and O–H groups in total. The molecule has 0 fully saturated rings. The molecule has 0 bridgehead atoms. The molecule has 2 nitrogen and oxygen atoms in total. The maximum atomic E-state index is 5.62. The fourth-order valence-corrected chi connectivity index (χ4v) is 2.20. The molecule has 23 heavy (non-hydrogen) atoms. The Morgan fingerprint density at radius 2 is 1.30 bits per heavy atom. The summed E-state index contributed by atoms with van der Waals surface area (Å²) in [5.74, 6) is 0.843. The monoisotopic (exact) mass is 320 g/mol. The Balaban J connectivity index is 0.000000468. The first kappa shape index (κ1) is 21.7. The van der Waals surface area contributed by atoms with E-state index in [0.717, 1.165) is 12.2 Å². The molecule has 0 aromatic heterocycles. The molecule has 0 unspecified atom stereocenters. The lowest BCUT2D eigenvalue weighted by atomic mass is 9.82. The van der Waals surface area contributed by atoms with Gasteiger partial charge in [-0.1, -0.05) is 39.5 Å². The van der Waals surface area contributed by atoms with Crippen molar-refractivity contribution < 1.29 is 9.47 Å². The zero-order valence-corrected chi connectivity index (χ0v) is 16.6. The maximum Gasteiger partial charge on any atom is 0.126 e. The lowest BCUT2D eigenvalue weighted by molar-refractivity contribution is -0.102. The number of hydrogen-bond donors (Lipinski definition) is 0. The number of benzene rings is 1. The average Bonchev–Trinajstić information content (AvgIpc) is 2.36. The van der Waals surface area contributed by atoms with E-state index in [0.29, 0.717) is 0 Å². The standard InChI is InChI=1S/C13H18O.C8H18O/c1-5-13(3,4)11-7-9-12(10-8-11)14-6-2;1-7(2,3)9-8(4,5)6/h6-10H,2,5H2,1,3-4H3;1-6H3. The summed E-state index contributed by atoms with van der Waals surface area (Å²) in [6.45, 7) is 22.6. The van der Waals surface area contributed by atoms with E-state index in [1.54, 1.807) is 0 Å². The second-order valence-electron chi connectivity index (χ2n) is 8.37. The molecule has 0 saturated heterocycles. The first-order valence-electron chi connectivity index (χ1n) is 8.39.